The minimum absolute atomic E-state index is 0.0244. The van der Waals surface area contributed by atoms with Crippen LogP contribution in [0.15, 0.2) is 40.9 Å². The van der Waals surface area contributed by atoms with Gasteiger partial charge in [-0.2, -0.15) is 0 Å². The number of anilines is 1. The van der Waals surface area contributed by atoms with E-state index in [1.807, 2.05) is 18.2 Å². The Balaban J connectivity index is 1.99. The van der Waals surface area contributed by atoms with Crippen LogP contribution in [0.5, 0.6) is 0 Å². The monoisotopic (exact) mass is 348 g/mol. The highest BCUT2D eigenvalue weighted by molar-refractivity contribution is 9.10. The largest absolute Gasteiger partial charge is 0.326 e. The van der Waals surface area contributed by atoms with Crippen molar-refractivity contribution < 1.29 is 9.18 Å². The molecule has 0 saturated carbocycles. The first-order valence-electron chi connectivity index (χ1n) is 6.68. The zero-order chi connectivity index (χ0) is 15.0. The van der Waals surface area contributed by atoms with Crippen molar-refractivity contribution in [2.75, 3.05) is 5.32 Å². The average Bonchev–Trinajstić information content (AvgIpc) is 2.46. The van der Waals surface area contributed by atoms with Gasteiger partial charge in [0.15, 0.2) is 0 Å². The second-order valence-electron chi connectivity index (χ2n) is 5.08. The number of fused-ring (bicyclic) bond motifs is 1. The van der Waals surface area contributed by atoms with Gasteiger partial charge in [-0.3, -0.25) is 4.79 Å². The van der Waals surface area contributed by atoms with Gasteiger partial charge in [-0.1, -0.05) is 34.1 Å². The lowest BCUT2D eigenvalue weighted by Crippen LogP contribution is -2.20. The summed E-state index contributed by atoms with van der Waals surface area (Å²) >= 11 is 3.35. The standard InChI is InChI=1S/C16H14BrFN2O/c17-11-2-1-3-12(18)15(11)16(19)10-4-6-13-9(8-10)5-7-14(21)20-13/h1-4,6,8,16H,5,7,19H2,(H,20,21). The molecule has 1 heterocycles. The molecular weight excluding hydrogens is 335 g/mol. The predicted octanol–water partition coefficient (Wildman–Crippen LogP) is 3.52. The van der Waals surface area contributed by atoms with E-state index in [0.717, 1.165) is 16.8 Å². The van der Waals surface area contributed by atoms with Crippen LogP contribution in [0.2, 0.25) is 0 Å². The second-order valence-corrected chi connectivity index (χ2v) is 5.93. The highest BCUT2D eigenvalue weighted by atomic mass is 79.9. The van der Waals surface area contributed by atoms with Crippen LogP contribution in [0.3, 0.4) is 0 Å². The molecule has 2 aromatic carbocycles. The van der Waals surface area contributed by atoms with Gasteiger partial charge in [0, 0.05) is 22.1 Å². The van der Waals surface area contributed by atoms with Crippen LogP contribution in [-0.2, 0) is 11.2 Å². The normalized spacial score (nSPS) is 15.3. The molecule has 3 nitrogen and oxygen atoms in total. The first kappa shape index (κ1) is 14.2. The smallest absolute Gasteiger partial charge is 0.224 e. The van der Waals surface area contributed by atoms with E-state index in [1.54, 1.807) is 12.1 Å². The lowest BCUT2D eigenvalue weighted by molar-refractivity contribution is -0.116. The molecular formula is C16H14BrFN2O. The van der Waals surface area contributed by atoms with Crippen molar-refractivity contribution in [2.24, 2.45) is 5.73 Å². The number of aryl methyl sites for hydroxylation is 1. The molecule has 21 heavy (non-hydrogen) atoms. The quantitative estimate of drug-likeness (QED) is 0.872. The van der Waals surface area contributed by atoms with Gasteiger partial charge in [0.2, 0.25) is 5.91 Å². The molecule has 0 aromatic heterocycles. The van der Waals surface area contributed by atoms with E-state index in [2.05, 4.69) is 21.2 Å². The van der Waals surface area contributed by atoms with E-state index in [1.165, 1.54) is 6.07 Å². The van der Waals surface area contributed by atoms with Crippen molar-refractivity contribution in [3.05, 3.63) is 63.4 Å². The summed E-state index contributed by atoms with van der Waals surface area (Å²) in [6.07, 6.45) is 1.15. The number of amides is 1. The van der Waals surface area contributed by atoms with E-state index in [4.69, 9.17) is 5.73 Å². The Morgan fingerprint density at radius 1 is 1.24 bits per heavy atom. The van der Waals surface area contributed by atoms with Gasteiger partial charge < -0.3 is 11.1 Å². The van der Waals surface area contributed by atoms with Crippen LogP contribution < -0.4 is 11.1 Å². The van der Waals surface area contributed by atoms with Crippen molar-refractivity contribution in [3.63, 3.8) is 0 Å². The molecule has 1 aliphatic rings. The summed E-state index contributed by atoms with van der Waals surface area (Å²) in [5.41, 5.74) is 9.34. The maximum Gasteiger partial charge on any atom is 0.224 e. The third kappa shape index (κ3) is 2.71. The number of hydrogen-bond acceptors (Lipinski definition) is 2. The van der Waals surface area contributed by atoms with Gasteiger partial charge in [-0.15, -0.1) is 0 Å². The van der Waals surface area contributed by atoms with Crippen LogP contribution in [0.25, 0.3) is 0 Å². The van der Waals surface area contributed by atoms with Crippen molar-refractivity contribution in [1.29, 1.82) is 0 Å². The number of nitrogens with two attached hydrogens (primary N) is 1. The Labute approximate surface area is 130 Å². The van der Waals surface area contributed by atoms with Crippen molar-refractivity contribution in [3.8, 4) is 0 Å². The van der Waals surface area contributed by atoms with Crippen molar-refractivity contribution >= 4 is 27.5 Å². The third-order valence-electron chi connectivity index (χ3n) is 3.69. The predicted molar refractivity (Wildman–Crippen MR) is 83.5 cm³/mol. The maximum atomic E-state index is 14.0. The Morgan fingerprint density at radius 2 is 2.05 bits per heavy atom. The van der Waals surface area contributed by atoms with E-state index >= 15 is 0 Å². The third-order valence-corrected chi connectivity index (χ3v) is 4.39. The molecule has 3 N–H and O–H groups in total. The Kier molecular flexibility index (Phi) is 3.78. The fourth-order valence-electron chi connectivity index (χ4n) is 2.57. The molecule has 0 bridgehead atoms. The lowest BCUT2D eigenvalue weighted by Gasteiger charge is -2.20. The number of halogens is 2. The van der Waals surface area contributed by atoms with Crippen molar-refractivity contribution in [2.45, 2.75) is 18.9 Å². The molecule has 1 unspecified atom stereocenters. The SMILES string of the molecule is NC(c1ccc2c(c1)CCC(=O)N2)c1c(F)cccc1Br. The van der Waals surface area contributed by atoms with Gasteiger partial charge in [-0.05, 0) is 35.7 Å². The lowest BCUT2D eigenvalue weighted by atomic mass is 9.94. The number of benzene rings is 2. The van der Waals surface area contributed by atoms with E-state index in [0.29, 0.717) is 22.9 Å². The average molecular weight is 349 g/mol. The van der Waals surface area contributed by atoms with Crippen LogP contribution in [-0.4, -0.2) is 5.91 Å². The minimum Gasteiger partial charge on any atom is -0.326 e. The molecule has 1 aliphatic heterocycles. The molecule has 0 fully saturated rings. The molecule has 2 aromatic rings. The topological polar surface area (TPSA) is 55.1 Å². The van der Waals surface area contributed by atoms with Gasteiger partial charge in [0.1, 0.15) is 5.82 Å². The van der Waals surface area contributed by atoms with Gasteiger partial charge in [0.25, 0.3) is 0 Å². The molecule has 1 amide bonds. The van der Waals surface area contributed by atoms with Crippen molar-refractivity contribution in [1.82, 2.24) is 0 Å². The zero-order valence-corrected chi connectivity index (χ0v) is 12.8. The summed E-state index contributed by atoms with van der Waals surface area (Å²) < 4.78 is 14.7. The minimum atomic E-state index is -0.552. The number of hydrogen-bond donors (Lipinski definition) is 2. The van der Waals surface area contributed by atoms with Crippen LogP contribution >= 0.6 is 15.9 Å². The van der Waals surface area contributed by atoms with Crippen LogP contribution in [0, 0.1) is 5.82 Å². The fraction of sp³-hybridized carbons (Fsp3) is 0.188. The summed E-state index contributed by atoms with van der Waals surface area (Å²) in [4.78, 5) is 11.4. The number of carbonyl (C=O) groups is 1. The highest BCUT2D eigenvalue weighted by Crippen LogP contribution is 2.32. The number of carbonyl (C=O) groups excluding carboxylic acids is 1. The molecule has 0 radical (unpaired) electrons. The summed E-state index contributed by atoms with van der Waals surface area (Å²) in [7, 11) is 0. The number of rotatable bonds is 2. The molecule has 0 aliphatic carbocycles. The molecule has 3 rings (SSSR count). The fourth-order valence-corrected chi connectivity index (χ4v) is 3.16. The molecule has 108 valence electrons. The van der Waals surface area contributed by atoms with Gasteiger partial charge >= 0.3 is 0 Å². The molecule has 5 heteroatoms. The Hall–Kier alpha value is -1.72. The van der Waals surface area contributed by atoms with Gasteiger partial charge in [-0.25, -0.2) is 4.39 Å². The zero-order valence-electron chi connectivity index (χ0n) is 11.2. The molecule has 1 atom stereocenters. The second kappa shape index (κ2) is 5.58. The van der Waals surface area contributed by atoms with E-state index in [-0.39, 0.29) is 11.7 Å². The first-order valence-corrected chi connectivity index (χ1v) is 7.47. The number of nitrogens with one attached hydrogen (secondary N) is 1. The van der Waals surface area contributed by atoms with Crippen LogP contribution in [0.1, 0.15) is 29.2 Å². The molecule has 0 saturated heterocycles. The first-order chi connectivity index (χ1) is 10.1. The summed E-state index contributed by atoms with van der Waals surface area (Å²) in [5, 5.41) is 2.83. The summed E-state index contributed by atoms with van der Waals surface area (Å²) in [5.74, 6) is -0.306. The maximum absolute atomic E-state index is 14.0. The van der Waals surface area contributed by atoms with E-state index < -0.39 is 6.04 Å². The van der Waals surface area contributed by atoms with Gasteiger partial charge in [0.05, 0.1) is 6.04 Å². The Bertz CT molecular complexity index is 697. The summed E-state index contributed by atoms with van der Waals surface area (Å²) in [6.45, 7) is 0. The van der Waals surface area contributed by atoms with E-state index in [9.17, 15) is 9.18 Å². The van der Waals surface area contributed by atoms with Crippen LogP contribution in [0.4, 0.5) is 10.1 Å². The Morgan fingerprint density at radius 3 is 2.81 bits per heavy atom. The molecule has 0 spiro atoms. The highest BCUT2D eigenvalue weighted by Gasteiger charge is 2.20. The summed E-state index contributed by atoms with van der Waals surface area (Å²) in [6, 6.07) is 9.86.